The van der Waals surface area contributed by atoms with Gasteiger partial charge in [0.25, 0.3) is 5.56 Å². The first kappa shape index (κ1) is 16.4. The van der Waals surface area contributed by atoms with Gasteiger partial charge in [-0.25, -0.2) is 9.78 Å². The molecule has 0 spiro atoms. The van der Waals surface area contributed by atoms with E-state index in [9.17, 15) is 14.4 Å². The molecule has 2 aromatic heterocycles. The lowest BCUT2D eigenvalue weighted by atomic mass is 10.2. The Morgan fingerprint density at radius 3 is 2.80 bits per heavy atom. The van der Waals surface area contributed by atoms with Crippen molar-refractivity contribution in [3.8, 4) is 0 Å². The summed E-state index contributed by atoms with van der Waals surface area (Å²) in [7, 11) is 2.94. The summed E-state index contributed by atoms with van der Waals surface area (Å²) in [5.41, 5.74) is 0.613. The number of carbonyl (C=O) groups is 2. The molecule has 0 bridgehead atoms. The van der Waals surface area contributed by atoms with E-state index in [1.165, 1.54) is 34.9 Å². The van der Waals surface area contributed by atoms with Gasteiger partial charge in [0, 0.05) is 7.05 Å². The molecular formula is C16H15N5O4. The number of nitrogens with one attached hydrogen (secondary N) is 1. The Morgan fingerprint density at radius 2 is 2.04 bits per heavy atom. The number of esters is 1. The van der Waals surface area contributed by atoms with Crippen molar-refractivity contribution < 1.29 is 14.3 Å². The molecule has 0 aliphatic rings. The van der Waals surface area contributed by atoms with Gasteiger partial charge in [0.1, 0.15) is 18.3 Å². The molecule has 1 amide bonds. The molecule has 0 unspecified atom stereocenters. The number of aryl methyl sites for hydroxylation is 1. The largest absolute Gasteiger partial charge is 0.465 e. The van der Waals surface area contributed by atoms with Crippen molar-refractivity contribution in [2.75, 3.05) is 12.4 Å². The number of para-hydroxylation sites is 1. The van der Waals surface area contributed by atoms with Gasteiger partial charge < -0.3 is 10.1 Å². The topological polar surface area (TPSA) is 108 Å². The highest BCUT2D eigenvalue weighted by atomic mass is 16.5. The van der Waals surface area contributed by atoms with Gasteiger partial charge >= 0.3 is 5.97 Å². The van der Waals surface area contributed by atoms with E-state index in [-0.39, 0.29) is 17.7 Å². The maximum absolute atomic E-state index is 12.4. The highest BCUT2D eigenvalue weighted by molar-refractivity contribution is 6.01. The quantitative estimate of drug-likeness (QED) is 0.695. The van der Waals surface area contributed by atoms with Gasteiger partial charge in [-0.15, -0.1) is 0 Å². The Morgan fingerprint density at radius 1 is 1.28 bits per heavy atom. The fraction of sp³-hybridized carbons (Fsp3) is 0.188. The average Bonchev–Trinajstić information content (AvgIpc) is 2.99. The molecule has 0 aliphatic carbocycles. The average molecular weight is 341 g/mol. The van der Waals surface area contributed by atoms with Crippen LogP contribution in [0.2, 0.25) is 0 Å². The molecular weight excluding hydrogens is 326 g/mol. The number of rotatable bonds is 4. The number of ether oxygens (including phenoxy) is 1. The van der Waals surface area contributed by atoms with Crippen LogP contribution in [0, 0.1) is 0 Å². The van der Waals surface area contributed by atoms with Crippen molar-refractivity contribution in [2.45, 2.75) is 6.54 Å². The van der Waals surface area contributed by atoms with Crippen LogP contribution in [0.3, 0.4) is 0 Å². The molecule has 3 rings (SSSR count). The van der Waals surface area contributed by atoms with Crippen LogP contribution in [-0.4, -0.2) is 38.3 Å². The lowest BCUT2D eigenvalue weighted by molar-refractivity contribution is -0.116. The second-order valence-electron chi connectivity index (χ2n) is 5.27. The molecule has 0 aliphatic heterocycles. The number of anilines is 1. The van der Waals surface area contributed by atoms with Crippen LogP contribution < -0.4 is 10.9 Å². The van der Waals surface area contributed by atoms with Gasteiger partial charge in [0.15, 0.2) is 5.65 Å². The molecule has 9 nitrogen and oxygen atoms in total. The Hall–Kier alpha value is -3.49. The van der Waals surface area contributed by atoms with Crippen LogP contribution in [0.1, 0.15) is 10.4 Å². The zero-order valence-corrected chi connectivity index (χ0v) is 13.6. The molecule has 0 saturated heterocycles. The highest BCUT2D eigenvalue weighted by Crippen LogP contribution is 2.16. The normalized spacial score (nSPS) is 10.6. The number of methoxy groups -OCH3 is 1. The van der Waals surface area contributed by atoms with E-state index in [4.69, 9.17) is 0 Å². The molecule has 128 valence electrons. The van der Waals surface area contributed by atoms with Crippen molar-refractivity contribution in [2.24, 2.45) is 7.05 Å². The minimum absolute atomic E-state index is 0.228. The number of amides is 1. The molecule has 2 heterocycles. The molecule has 9 heteroatoms. The van der Waals surface area contributed by atoms with Gasteiger partial charge in [-0.3, -0.25) is 18.8 Å². The predicted molar refractivity (Wildman–Crippen MR) is 89.2 cm³/mol. The number of hydrogen-bond donors (Lipinski definition) is 1. The monoisotopic (exact) mass is 341 g/mol. The van der Waals surface area contributed by atoms with E-state index in [1.807, 2.05) is 0 Å². The van der Waals surface area contributed by atoms with Gasteiger partial charge in [-0.1, -0.05) is 12.1 Å². The summed E-state index contributed by atoms with van der Waals surface area (Å²) < 4.78 is 7.34. The summed E-state index contributed by atoms with van der Waals surface area (Å²) in [5.74, 6) is -1.03. The number of hydrogen-bond acceptors (Lipinski definition) is 6. The summed E-state index contributed by atoms with van der Waals surface area (Å²) in [5, 5.41) is 6.91. The van der Waals surface area contributed by atoms with Crippen LogP contribution in [-0.2, 0) is 23.1 Å². The fourth-order valence-electron chi connectivity index (χ4n) is 2.40. The summed E-state index contributed by atoms with van der Waals surface area (Å²) in [6, 6.07) is 6.45. The van der Waals surface area contributed by atoms with E-state index in [0.717, 1.165) is 0 Å². The maximum atomic E-state index is 12.4. The van der Waals surface area contributed by atoms with E-state index >= 15 is 0 Å². The molecule has 0 fully saturated rings. The lowest BCUT2D eigenvalue weighted by Crippen LogP contribution is -2.28. The number of aromatic nitrogens is 4. The Balaban J connectivity index is 1.83. The van der Waals surface area contributed by atoms with E-state index < -0.39 is 11.9 Å². The van der Waals surface area contributed by atoms with E-state index in [2.05, 4.69) is 20.1 Å². The van der Waals surface area contributed by atoms with Crippen molar-refractivity contribution >= 4 is 28.6 Å². The first-order valence-electron chi connectivity index (χ1n) is 7.35. The third-order valence-electron chi connectivity index (χ3n) is 3.64. The van der Waals surface area contributed by atoms with Gasteiger partial charge in [0.05, 0.1) is 24.6 Å². The molecule has 0 saturated carbocycles. The van der Waals surface area contributed by atoms with Crippen molar-refractivity contribution in [3.05, 3.63) is 52.7 Å². The second-order valence-corrected chi connectivity index (χ2v) is 5.27. The summed E-state index contributed by atoms with van der Waals surface area (Å²) in [6.07, 6.45) is 2.70. The molecule has 0 radical (unpaired) electrons. The third kappa shape index (κ3) is 3.11. The zero-order valence-electron chi connectivity index (χ0n) is 13.6. The Labute approximate surface area is 141 Å². The van der Waals surface area contributed by atoms with Crippen molar-refractivity contribution in [1.82, 2.24) is 19.3 Å². The maximum Gasteiger partial charge on any atom is 0.339 e. The third-order valence-corrected chi connectivity index (χ3v) is 3.64. The van der Waals surface area contributed by atoms with Crippen LogP contribution in [0.4, 0.5) is 5.69 Å². The van der Waals surface area contributed by atoms with Crippen molar-refractivity contribution in [1.29, 1.82) is 0 Å². The number of benzene rings is 1. The SMILES string of the molecule is COC(=O)c1ccccc1NC(=O)Cn1cnc2c(cnn2C)c1=O. The van der Waals surface area contributed by atoms with Crippen molar-refractivity contribution in [3.63, 3.8) is 0 Å². The first-order valence-corrected chi connectivity index (χ1v) is 7.35. The number of carbonyl (C=O) groups excluding carboxylic acids is 2. The summed E-state index contributed by atoms with van der Waals surface area (Å²) in [4.78, 5) is 40.5. The summed E-state index contributed by atoms with van der Waals surface area (Å²) in [6.45, 7) is -0.244. The zero-order chi connectivity index (χ0) is 18.0. The van der Waals surface area contributed by atoms with E-state index in [0.29, 0.717) is 16.7 Å². The van der Waals surface area contributed by atoms with Gasteiger partial charge in [0.2, 0.25) is 5.91 Å². The van der Waals surface area contributed by atoms with Gasteiger partial charge in [-0.05, 0) is 12.1 Å². The standard InChI is InChI=1S/C16H15N5O4/c1-20-14-11(7-18-20)15(23)21(9-17-14)8-13(22)19-12-6-4-3-5-10(12)16(24)25-2/h3-7,9H,8H2,1-2H3,(H,19,22). The molecule has 25 heavy (non-hydrogen) atoms. The minimum Gasteiger partial charge on any atom is -0.465 e. The second kappa shape index (κ2) is 6.56. The number of fused-ring (bicyclic) bond motifs is 1. The molecule has 1 N–H and O–H groups in total. The number of nitrogens with zero attached hydrogens (tertiary/aromatic N) is 4. The van der Waals surface area contributed by atoms with Crippen LogP contribution in [0.25, 0.3) is 11.0 Å². The lowest BCUT2D eigenvalue weighted by Gasteiger charge is -2.10. The van der Waals surface area contributed by atoms with Crippen LogP contribution >= 0.6 is 0 Å². The minimum atomic E-state index is -0.563. The highest BCUT2D eigenvalue weighted by Gasteiger charge is 2.15. The smallest absolute Gasteiger partial charge is 0.339 e. The predicted octanol–water partition coefficient (Wildman–Crippen LogP) is 0.555. The first-order chi connectivity index (χ1) is 12.0. The molecule has 3 aromatic rings. The molecule has 1 aromatic carbocycles. The van der Waals surface area contributed by atoms with Crippen LogP contribution in [0.5, 0.6) is 0 Å². The molecule has 0 atom stereocenters. The van der Waals surface area contributed by atoms with E-state index in [1.54, 1.807) is 25.2 Å². The Bertz CT molecular complexity index is 1020. The Kier molecular flexibility index (Phi) is 4.29. The van der Waals surface area contributed by atoms with Crippen LogP contribution in [0.15, 0.2) is 41.6 Å². The summed E-state index contributed by atoms with van der Waals surface area (Å²) >= 11 is 0. The fourth-order valence-corrected chi connectivity index (χ4v) is 2.40. The van der Waals surface area contributed by atoms with Gasteiger partial charge in [-0.2, -0.15) is 5.10 Å².